The highest BCUT2D eigenvalue weighted by molar-refractivity contribution is 5.97. The van der Waals surface area contributed by atoms with Gasteiger partial charge >= 0.3 is 6.18 Å². The van der Waals surface area contributed by atoms with Gasteiger partial charge in [-0.3, -0.25) is 9.79 Å². The van der Waals surface area contributed by atoms with Gasteiger partial charge < -0.3 is 21.1 Å². The fourth-order valence-electron chi connectivity index (χ4n) is 2.40. The number of hydrogen-bond donors (Lipinski definition) is 3. The van der Waals surface area contributed by atoms with Gasteiger partial charge in [0.2, 0.25) is 11.8 Å². The Morgan fingerprint density at radius 1 is 1.25 bits per heavy atom. The van der Waals surface area contributed by atoms with E-state index in [1.807, 2.05) is 0 Å². The molecule has 148 valence electrons. The van der Waals surface area contributed by atoms with Gasteiger partial charge in [-0.15, -0.1) is 0 Å². The number of ether oxygens (including phenoxy) is 1. The van der Waals surface area contributed by atoms with Crippen molar-refractivity contribution in [1.29, 1.82) is 0 Å². The average molecular weight is 394 g/mol. The molecule has 8 nitrogen and oxygen atoms in total. The predicted octanol–water partition coefficient (Wildman–Crippen LogP) is 2.46. The largest absolute Gasteiger partial charge is 0.477 e. The Kier molecular flexibility index (Phi) is 5.62. The molecule has 0 aliphatic carbocycles. The van der Waals surface area contributed by atoms with E-state index in [1.54, 1.807) is 24.3 Å². The van der Waals surface area contributed by atoms with Crippen LogP contribution in [0.15, 0.2) is 35.5 Å². The van der Waals surface area contributed by atoms with Gasteiger partial charge in [-0.2, -0.15) is 18.2 Å². The predicted molar refractivity (Wildman–Crippen MR) is 96.8 cm³/mol. The minimum atomic E-state index is -4.48. The highest BCUT2D eigenvalue weighted by Gasteiger charge is 2.28. The monoisotopic (exact) mass is 394 g/mol. The molecule has 2 heterocycles. The summed E-state index contributed by atoms with van der Waals surface area (Å²) in [5.74, 6) is -0.662. The minimum absolute atomic E-state index is 0.00804. The van der Waals surface area contributed by atoms with Crippen LogP contribution in [-0.2, 0) is 4.74 Å². The zero-order valence-electron chi connectivity index (χ0n) is 14.6. The van der Waals surface area contributed by atoms with E-state index >= 15 is 0 Å². The normalized spacial score (nSPS) is 14.0. The Bertz CT molecular complexity index is 883. The summed E-state index contributed by atoms with van der Waals surface area (Å²) in [6, 6.07) is 7.02. The van der Waals surface area contributed by atoms with Crippen molar-refractivity contribution < 1.29 is 22.7 Å². The topological polar surface area (TPSA) is 115 Å². The molecule has 1 aromatic carbocycles. The number of nitrogens with zero attached hydrogens (tertiary/aromatic N) is 3. The van der Waals surface area contributed by atoms with Crippen LogP contribution in [0.5, 0.6) is 0 Å². The Hall–Kier alpha value is -3.37. The minimum Gasteiger partial charge on any atom is -0.477 e. The van der Waals surface area contributed by atoms with Crippen LogP contribution in [0.3, 0.4) is 0 Å². The van der Waals surface area contributed by atoms with Crippen LogP contribution >= 0.6 is 0 Å². The van der Waals surface area contributed by atoms with Crippen molar-refractivity contribution in [3.8, 4) is 0 Å². The smallest absolute Gasteiger partial charge is 0.405 e. The Balaban J connectivity index is 1.76. The number of rotatable bonds is 6. The summed E-state index contributed by atoms with van der Waals surface area (Å²) in [7, 11) is 0. The first-order valence-electron chi connectivity index (χ1n) is 8.34. The van der Waals surface area contributed by atoms with Gasteiger partial charge in [-0.05, 0) is 24.3 Å². The summed E-state index contributed by atoms with van der Waals surface area (Å²) in [4.78, 5) is 23.5. The van der Waals surface area contributed by atoms with Crippen LogP contribution in [0.1, 0.15) is 22.3 Å². The van der Waals surface area contributed by atoms with Gasteiger partial charge in [0.15, 0.2) is 0 Å². The molecule has 28 heavy (non-hydrogen) atoms. The Labute approximate surface area is 158 Å². The number of nitrogens with two attached hydrogens (primary N) is 1. The number of nitrogens with one attached hydrogen (secondary N) is 2. The SMILES string of the molecule is NC(=O)c1cnc(Nc2ccc(C3=NCCCO3)cc2)nc1NCC(F)(F)F. The molecule has 1 aliphatic rings. The third kappa shape index (κ3) is 5.09. The highest BCUT2D eigenvalue weighted by atomic mass is 19.4. The van der Waals surface area contributed by atoms with Crippen LogP contribution in [0.4, 0.5) is 30.6 Å². The van der Waals surface area contributed by atoms with E-state index in [4.69, 9.17) is 10.5 Å². The van der Waals surface area contributed by atoms with Crippen LogP contribution in [0.25, 0.3) is 0 Å². The number of anilines is 3. The molecule has 1 aromatic heterocycles. The average Bonchev–Trinajstić information content (AvgIpc) is 2.67. The molecule has 0 unspecified atom stereocenters. The summed E-state index contributed by atoms with van der Waals surface area (Å²) in [6.45, 7) is -0.0315. The van der Waals surface area contributed by atoms with Crippen molar-refractivity contribution in [2.45, 2.75) is 12.6 Å². The van der Waals surface area contributed by atoms with E-state index in [0.717, 1.165) is 18.2 Å². The lowest BCUT2D eigenvalue weighted by Crippen LogP contribution is -2.24. The fraction of sp³-hybridized carbons (Fsp3) is 0.294. The van der Waals surface area contributed by atoms with E-state index in [1.165, 1.54) is 0 Å². The van der Waals surface area contributed by atoms with Gasteiger partial charge in [0.25, 0.3) is 5.91 Å². The third-order valence-corrected chi connectivity index (χ3v) is 3.70. The molecule has 11 heteroatoms. The lowest BCUT2D eigenvalue weighted by Gasteiger charge is -2.14. The first-order chi connectivity index (χ1) is 13.3. The van der Waals surface area contributed by atoms with Crippen LogP contribution in [0, 0.1) is 0 Å². The number of alkyl halides is 3. The Morgan fingerprint density at radius 3 is 2.61 bits per heavy atom. The third-order valence-electron chi connectivity index (χ3n) is 3.70. The quantitative estimate of drug-likeness (QED) is 0.693. The number of amides is 1. The number of aromatic nitrogens is 2. The van der Waals surface area contributed by atoms with Gasteiger partial charge in [0, 0.05) is 30.4 Å². The molecule has 0 fully saturated rings. The number of primary amides is 1. The molecule has 4 N–H and O–H groups in total. The molecule has 0 spiro atoms. The van der Waals surface area contributed by atoms with E-state index in [9.17, 15) is 18.0 Å². The summed E-state index contributed by atoms with van der Waals surface area (Å²) in [6.07, 6.45) is -2.53. The number of hydrogen-bond acceptors (Lipinski definition) is 7. The molecule has 0 bridgehead atoms. The van der Waals surface area contributed by atoms with Crippen molar-refractivity contribution in [3.05, 3.63) is 41.6 Å². The molecule has 1 aliphatic heterocycles. The number of benzene rings is 1. The van der Waals surface area contributed by atoms with Crippen LogP contribution in [0.2, 0.25) is 0 Å². The Morgan fingerprint density at radius 2 is 2.00 bits per heavy atom. The van der Waals surface area contributed by atoms with E-state index in [-0.39, 0.29) is 17.3 Å². The molecule has 0 atom stereocenters. The number of carbonyl (C=O) groups excluding carboxylic acids is 1. The summed E-state index contributed by atoms with van der Waals surface area (Å²) in [5.41, 5.74) is 6.32. The molecule has 2 aromatic rings. The van der Waals surface area contributed by atoms with Crippen LogP contribution < -0.4 is 16.4 Å². The summed E-state index contributed by atoms with van der Waals surface area (Å²) < 4.78 is 42.9. The van der Waals surface area contributed by atoms with Gasteiger partial charge in [-0.1, -0.05) is 0 Å². The molecule has 0 saturated heterocycles. The number of aliphatic imine (C=N–C) groups is 1. The fourth-order valence-corrected chi connectivity index (χ4v) is 2.40. The maximum atomic E-state index is 12.5. The second kappa shape index (κ2) is 8.11. The summed E-state index contributed by atoms with van der Waals surface area (Å²) >= 11 is 0. The first kappa shape index (κ1) is 19.4. The first-order valence-corrected chi connectivity index (χ1v) is 8.34. The maximum absolute atomic E-state index is 12.5. The van der Waals surface area contributed by atoms with Crippen molar-refractivity contribution in [2.75, 3.05) is 30.3 Å². The second-order valence-corrected chi connectivity index (χ2v) is 5.88. The number of carbonyl (C=O) groups is 1. The lowest BCUT2D eigenvalue weighted by atomic mass is 10.2. The highest BCUT2D eigenvalue weighted by Crippen LogP contribution is 2.21. The summed E-state index contributed by atoms with van der Waals surface area (Å²) in [5, 5.41) is 4.93. The maximum Gasteiger partial charge on any atom is 0.405 e. The van der Waals surface area contributed by atoms with Crippen molar-refractivity contribution in [1.82, 2.24) is 9.97 Å². The molecule has 0 radical (unpaired) electrons. The lowest BCUT2D eigenvalue weighted by molar-refractivity contribution is -0.115. The van der Waals surface area contributed by atoms with Crippen molar-refractivity contribution in [2.24, 2.45) is 10.7 Å². The number of halogens is 3. The van der Waals surface area contributed by atoms with Gasteiger partial charge in [-0.25, -0.2) is 4.98 Å². The zero-order valence-corrected chi connectivity index (χ0v) is 14.6. The zero-order chi connectivity index (χ0) is 20.1. The molecular weight excluding hydrogens is 377 g/mol. The van der Waals surface area contributed by atoms with Crippen molar-refractivity contribution >= 4 is 29.3 Å². The van der Waals surface area contributed by atoms with Gasteiger partial charge in [0.1, 0.15) is 12.4 Å². The molecular formula is C17H17F3N6O2. The standard InChI is InChI=1S/C17H17F3N6O2/c18-17(19,20)9-24-14-12(13(21)27)8-23-16(26-14)25-11-4-2-10(3-5-11)15-22-6-1-7-28-15/h2-5,8H,1,6-7,9H2,(H2,21,27)(H2,23,24,25,26). The van der Waals surface area contributed by atoms with E-state index < -0.39 is 18.6 Å². The van der Waals surface area contributed by atoms with E-state index in [2.05, 4.69) is 25.6 Å². The second-order valence-electron chi connectivity index (χ2n) is 5.88. The van der Waals surface area contributed by atoms with Crippen LogP contribution in [-0.4, -0.2) is 47.6 Å². The molecule has 0 saturated carbocycles. The van der Waals surface area contributed by atoms with Crippen molar-refractivity contribution in [3.63, 3.8) is 0 Å². The molecule has 1 amide bonds. The molecule has 3 rings (SSSR count). The van der Waals surface area contributed by atoms with E-state index in [0.29, 0.717) is 24.7 Å². The van der Waals surface area contributed by atoms with Gasteiger partial charge in [0.05, 0.1) is 12.2 Å².